The standard InChI is InChI=1S/C13H20N2O3/c1-3-8-14-12(10-18-2)9-11-4-6-13(7-5-11)15(16)17/h4-7,12,14H,3,8-10H2,1-2H3. The summed E-state index contributed by atoms with van der Waals surface area (Å²) in [6.07, 6.45) is 1.88. The van der Waals surface area contributed by atoms with Gasteiger partial charge in [-0.25, -0.2) is 0 Å². The Morgan fingerprint density at radius 2 is 2.06 bits per heavy atom. The third kappa shape index (κ3) is 4.81. The van der Waals surface area contributed by atoms with Gasteiger partial charge in [-0.2, -0.15) is 0 Å². The highest BCUT2D eigenvalue weighted by atomic mass is 16.6. The van der Waals surface area contributed by atoms with Gasteiger partial charge in [-0.3, -0.25) is 10.1 Å². The maximum Gasteiger partial charge on any atom is 0.269 e. The van der Waals surface area contributed by atoms with Gasteiger partial charge in [-0.15, -0.1) is 0 Å². The Kier molecular flexibility index (Phi) is 6.32. The van der Waals surface area contributed by atoms with E-state index in [9.17, 15) is 10.1 Å². The molecule has 0 aliphatic rings. The Balaban J connectivity index is 2.59. The second kappa shape index (κ2) is 7.79. The number of non-ortho nitro benzene ring substituents is 1. The smallest absolute Gasteiger partial charge is 0.269 e. The number of nitro benzene ring substituents is 1. The molecule has 0 bridgehead atoms. The Morgan fingerprint density at radius 1 is 1.39 bits per heavy atom. The number of ether oxygens (including phenoxy) is 1. The minimum Gasteiger partial charge on any atom is -0.383 e. The van der Waals surface area contributed by atoms with Gasteiger partial charge in [0.15, 0.2) is 0 Å². The highest BCUT2D eigenvalue weighted by molar-refractivity contribution is 5.33. The first-order valence-electron chi connectivity index (χ1n) is 6.13. The van der Waals surface area contributed by atoms with Gasteiger partial charge in [0.1, 0.15) is 0 Å². The predicted molar refractivity (Wildman–Crippen MR) is 70.8 cm³/mol. The highest BCUT2D eigenvalue weighted by Crippen LogP contribution is 2.13. The molecule has 5 heteroatoms. The van der Waals surface area contributed by atoms with Crippen LogP contribution in [0.5, 0.6) is 0 Å². The summed E-state index contributed by atoms with van der Waals surface area (Å²) >= 11 is 0. The first-order chi connectivity index (χ1) is 8.67. The van der Waals surface area contributed by atoms with Gasteiger partial charge in [0, 0.05) is 25.3 Å². The molecule has 1 unspecified atom stereocenters. The van der Waals surface area contributed by atoms with Gasteiger partial charge in [-0.05, 0) is 24.9 Å². The Bertz CT molecular complexity index is 365. The summed E-state index contributed by atoms with van der Waals surface area (Å²) in [5.41, 5.74) is 1.20. The van der Waals surface area contributed by atoms with Crippen molar-refractivity contribution in [1.29, 1.82) is 0 Å². The lowest BCUT2D eigenvalue weighted by Crippen LogP contribution is -2.35. The second-order valence-electron chi connectivity index (χ2n) is 4.23. The Labute approximate surface area is 107 Å². The van der Waals surface area contributed by atoms with Crippen LogP contribution in [0.4, 0.5) is 5.69 Å². The zero-order valence-electron chi connectivity index (χ0n) is 10.9. The molecular weight excluding hydrogens is 232 g/mol. The number of hydrogen-bond acceptors (Lipinski definition) is 4. The number of rotatable bonds is 8. The van der Waals surface area contributed by atoms with E-state index < -0.39 is 0 Å². The highest BCUT2D eigenvalue weighted by Gasteiger charge is 2.10. The summed E-state index contributed by atoms with van der Waals surface area (Å²) in [5, 5.41) is 13.9. The molecule has 0 aliphatic carbocycles. The topological polar surface area (TPSA) is 64.4 Å². The molecule has 0 saturated heterocycles. The summed E-state index contributed by atoms with van der Waals surface area (Å²) < 4.78 is 5.16. The number of nitro groups is 1. The third-order valence-corrected chi connectivity index (χ3v) is 2.68. The molecule has 1 aromatic carbocycles. The average Bonchev–Trinajstić information content (AvgIpc) is 2.37. The van der Waals surface area contributed by atoms with Gasteiger partial charge in [0.05, 0.1) is 11.5 Å². The van der Waals surface area contributed by atoms with Crippen LogP contribution in [0.1, 0.15) is 18.9 Å². The van der Waals surface area contributed by atoms with Crippen molar-refractivity contribution in [1.82, 2.24) is 5.32 Å². The minimum atomic E-state index is -0.383. The predicted octanol–water partition coefficient (Wildman–Crippen LogP) is 2.15. The van der Waals surface area contributed by atoms with Crippen LogP contribution in [0.2, 0.25) is 0 Å². The fourth-order valence-electron chi connectivity index (χ4n) is 1.78. The zero-order chi connectivity index (χ0) is 13.4. The molecule has 0 spiro atoms. The lowest BCUT2D eigenvalue weighted by Gasteiger charge is -2.17. The van der Waals surface area contributed by atoms with E-state index in [0.29, 0.717) is 6.61 Å². The Morgan fingerprint density at radius 3 is 2.56 bits per heavy atom. The van der Waals surface area contributed by atoms with Crippen molar-refractivity contribution in [3.8, 4) is 0 Å². The molecule has 0 heterocycles. The molecule has 0 aromatic heterocycles. The molecule has 0 radical (unpaired) electrons. The van der Waals surface area contributed by atoms with Crippen molar-refractivity contribution in [2.75, 3.05) is 20.3 Å². The van der Waals surface area contributed by atoms with E-state index in [2.05, 4.69) is 12.2 Å². The van der Waals surface area contributed by atoms with Crippen molar-refractivity contribution >= 4 is 5.69 Å². The molecule has 1 N–H and O–H groups in total. The lowest BCUT2D eigenvalue weighted by atomic mass is 10.1. The summed E-state index contributed by atoms with van der Waals surface area (Å²) in [7, 11) is 1.68. The molecule has 0 aliphatic heterocycles. The minimum absolute atomic E-state index is 0.128. The number of benzene rings is 1. The molecule has 0 fully saturated rings. The van der Waals surface area contributed by atoms with Crippen molar-refractivity contribution < 1.29 is 9.66 Å². The van der Waals surface area contributed by atoms with Gasteiger partial charge in [-0.1, -0.05) is 19.1 Å². The van der Waals surface area contributed by atoms with E-state index in [0.717, 1.165) is 24.9 Å². The summed E-state index contributed by atoms with van der Waals surface area (Å²) in [5.74, 6) is 0. The molecule has 18 heavy (non-hydrogen) atoms. The molecule has 0 amide bonds. The van der Waals surface area contributed by atoms with Crippen LogP contribution in [-0.2, 0) is 11.2 Å². The molecular formula is C13H20N2O3. The number of nitrogens with zero attached hydrogens (tertiary/aromatic N) is 1. The maximum atomic E-state index is 10.6. The summed E-state index contributed by atoms with van der Waals surface area (Å²) in [6, 6.07) is 6.93. The van der Waals surface area contributed by atoms with E-state index in [1.54, 1.807) is 31.4 Å². The van der Waals surface area contributed by atoms with Gasteiger partial charge in [0.2, 0.25) is 0 Å². The average molecular weight is 252 g/mol. The monoisotopic (exact) mass is 252 g/mol. The first-order valence-corrected chi connectivity index (χ1v) is 6.13. The van der Waals surface area contributed by atoms with Gasteiger partial charge < -0.3 is 10.1 Å². The molecule has 1 aromatic rings. The second-order valence-corrected chi connectivity index (χ2v) is 4.23. The van der Waals surface area contributed by atoms with Crippen LogP contribution in [-0.4, -0.2) is 31.2 Å². The Hall–Kier alpha value is -1.46. The molecule has 100 valence electrons. The third-order valence-electron chi connectivity index (χ3n) is 2.68. The van der Waals surface area contributed by atoms with Gasteiger partial charge in [0.25, 0.3) is 5.69 Å². The summed E-state index contributed by atoms with van der Waals surface area (Å²) in [6.45, 7) is 3.70. The quantitative estimate of drug-likeness (QED) is 0.568. The van der Waals surface area contributed by atoms with Gasteiger partial charge >= 0.3 is 0 Å². The number of methoxy groups -OCH3 is 1. The van der Waals surface area contributed by atoms with E-state index in [-0.39, 0.29) is 16.7 Å². The van der Waals surface area contributed by atoms with E-state index in [1.165, 1.54) is 0 Å². The zero-order valence-corrected chi connectivity index (χ0v) is 10.9. The van der Waals surface area contributed by atoms with Crippen molar-refractivity contribution in [2.45, 2.75) is 25.8 Å². The van der Waals surface area contributed by atoms with Crippen LogP contribution in [0.25, 0.3) is 0 Å². The lowest BCUT2D eigenvalue weighted by molar-refractivity contribution is -0.384. The normalized spacial score (nSPS) is 12.3. The number of hydrogen-bond donors (Lipinski definition) is 1. The molecule has 5 nitrogen and oxygen atoms in total. The van der Waals surface area contributed by atoms with Crippen LogP contribution >= 0.6 is 0 Å². The fourth-order valence-corrected chi connectivity index (χ4v) is 1.78. The molecule has 1 rings (SSSR count). The largest absolute Gasteiger partial charge is 0.383 e. The van der Waals surface area contributed by atoms with Crippen LogP contribution < -0.4 is 5.32 Å². The fraction of sp³-hybridized carbons (Fsp3) is 0.538. The van der Waals surface area contributed by atoms with Crippen LogP contribution in [0, 0.1) is 10.1 Å². The number of nitrogens with one attached hydrogen (secondary N) is 1. The van der Waals surface area contributed by atoms with Crippen molar-refractivity contribution in [2.24, 2.45) is 0 Å². The van der Waals surface area contributed by atoms with Crippen molar-refractivity contribution in [3.63, 3.8) is 0 Å². The van der Waals surface area contributed by atoms with Crippen LogP contribution in [0.15, 0.2) is 24.3 Å². The maximum absolute atomic E-state index is 10.6. The first kappa shape index (κ1) is 14.6. The van der Waals surface area contributed by atoms with E-state index in [1.807, 2.05) is 0 Å². The van der Waals surface area contributed by atoms with E-state index >= 15 is 0 Å². The summed E-state index contributed by atoms with van der Waals surface area (Å²) in [4.78, 5) is 10.2. The molecule has 0 saturated carbocycles. The molecule has 1 atom stereocenters. The van der Waals surface area contributed by atoms with Crippen LogP contribution in [0.3, 0.4) is 0 Å². The van der Waals surface area contributed by atoms with Crippen molar-refractivity contribution in [3.05, 3.63) is 39.9 Å². The van der Waals surface area contributed by atoms with E-state index in [4.69, 9.17) is 4.74 Å². The SMILES string of the molecule is CCCNC(COC)Cc1ccc([N+](=O)[O-])cc1.